The van der Waals surface area contributed by atoms with Gasteiger partial charge in [-0.15, -0.1) is 0 Å². The molecule has 0 aromatic heterocycles. The van der Waals surface area contributed by atoms with Gasteiger partial charge in [0, 0.05) is 36.1 Å². The van der Waals surface area contributed by atoms with E-state index in [0.29, 0.717) is 24.3 Å². The summed E-state index contributed by atoms with van der Waals surface area (Å²) in [6.45, 7) is 4.45. The molecule has 0 radical (unpaired) electrons. The molecule has 0 aliphatic rings. The van der Waals surface area contributed by atoms with Crippen molar-refractivity contribution in [3.05, 3.63) is 28.3 Å². The van der Waals surface area contributed by atoms with E-state index in [9.17, 15) is 10.1 Å². The summed E-state index contributed by atoms with van der Waals surface area (Å²) in [6.07, 6.45) is 0.362. The van der Waals surface area contributed by atoms with E-state index in [0.717, 1.165) is 0 Å². The van der Waals surface area contributed by atoms with Crippen LogP contribution in [-0.4, -0.2) is 17.5 Å². The van der Waals surface area contributed by atoms with Crippen molar-refractivity contribution in [1.82, 2.24) is 0 Å². The Hall–Kier alpha value is -2.29. The van der Waals surface area contributed by atoms with Crippen molar-refractivity contribution in [1.29, 1.82) is 5.26 Å². The van der Waals surface area contributed by atoms with Gasteiger partial charge in [-0.3, -0.25) is 10.1 Å². The van der Waals surface area contributed by atoms with Crippen LogP contribution in [0.2, 0.25) is 0 Å². The van der Waals surface area contributed by atoms with E-state index in [4.69, 9.17) is 11.0 Å². The van der Waals surface area contributed by atoms with Gasteiger partial charge in [0.1, 0.15) is 0 Å². The van der Waals surface area contributed by atoms with Gasteiger partial charge in [-0.05, 0) is 19.9 Å². The third-order valence-corrected chi connectivity index (χ3v) is 2.56. The molecule has 1 aromatic rings. The molecule has 0 saturated carbocycles. The summed E-state index contributed by atoms with van der Waals surface area (Å²) in [4.78, 5) is 12.2. The van der Waals surface area contributed by atoms with Crippen LogP contribution in [0.15, 0.2) is 18.2 Å². The molecule has 0 atom stereocenters. The normalized spacial score (nSPS) is 10.1. The van der Waals surface area contributed by atoms with Crippen molar-refractivity contribution in [2.45, 2.75) is 26.3 Å². The zero-order valence-electron chi connectivity index (χ0n) is 10.5. The molecule has 0 aliphatic carbocycles. The number of anilines is 2. The molecular formula is C12H16N4O2. The standard InChI is InChI=1S/C12H16N4O2/c1-9(2)15(5-3-4-13)11-6-10(14)7-12(8-11)16(17)18/h6-9H,3,5,14H2,1-2H3. The Labute approximate surface area is 106 Å². The Morgan fingerprint density at radius 1 is 1.50 bits per heavy atom. The lowest BCUT2D eigenvalue weighted by atomic mass is 10.2. The van der Waals surface area contributed by atoms with Crippen molar-refractivity contribution >= 4 is 17.1 Å². The molecule has 6 heteroatoms. The van der Waals surface area contributed by atoms with E-state index in [1.807, 2.05) is 18.7 Å². The van der Waals surface area contributed by atoms with Crippen LogP contribution >= 0.6 is 0 Å². The molecule has 96 valence electrons. The summed E-state index contributed by atoms with van der Waals surface area (Å²) in [7, 11) is 0. The van der Waals surface area contributed by atoms with Crippen molar-refractivity contribution in [2.75, 3.05) is 17.2 Å². The van der Waals surface area contributed by atoms with Gasteiger partial charge in [-0.2, -0.15) is 5.26 Å². The summed E-state index contributed by atoms with van der Waals surface area (Å²) in [5, 5.41) is 19.4. The second kappa shape index (κ2) is 5.87. The van der Waals surface area contributed by atoms with Crippen LogP contribution < -0.4 is 10.6 Å². The van der Waals surface area contributed by atoms with E-state index >= 15 is 0 Å². The summed E-state index contributed by atoms with van der Waals surface area (Å²) in [6, 6.07) is 6.70. The maximum Gasteiger partial charge on any atom is 0.273 e. The summed E-state index contributed by atoms with van der Waals surface area (Å²) < 4.78 is 0. The number of nitrogen functional groups attached to an aromatic ring is 1. The number of nitriles is 1. The Balaban J connectivity index is 3.12. The Morgan fingerprint density at radius 2 is 2.17 bits per heavy atom. The molecule has 0 aliphatic heterocycles. The molecule has 0 bridgehead atoms. The number of non-ortho nitro benzene ring substituents is 1. The lowest BCUT2D eigenvalue weighted by molar-refractivity contribution is -0.384. The zero-order chi connectivity index (χ0) is 13.7. The van der Waals surface area contributed by atoms with Crippen molar-refractivity contribution < 1.29 is 4.92 Å². The molecule has 1 rings (SSSR count). The number of rotatable bonds is 5. The van der Waals surface area contributed by atoms with Crippen LogP contribution in [0, 0.1) is 21.4 Å². The van der Waals surface area contributed by atoms with Crippen molar-refractivity contribution in [3.63, 3.8) is 0 Å². The predicted octanol–water partition coefficient (Wildman–Crippen LogP) is 2.31. The van der Waals surface area contributed by atoms with E-state index < -0.39 is 4.92 Å². The molecule has 0 saturated heterocycles. The maximum atomic E-state index is 10.8. The number of hydrogen-bond donors (Lipinski definition) is 1. The SMILES string of the molecule is CC(C)N(CCC#N)c1cc(N)cc([N+](=O)[O-])c1. The fourth-order valence-electron chi connectivity index (χ4n) is 1.75. The van der Waals surface area contributed by atoms with Gasteiger partial charge in [-0.25, -0.2) is 0 Å². The third kappa shape index (κ3) is 3.35. The minimum absolute atomic E-state index is 0.0346. The Kier molecular flexibility index (Phi) is 4.49. The van der Waals surface area contributed by atoms with Crippen molar-refractivity contribution in [2.24, 2.45) is 0 Å². The number of hydrogen-bond acceptors (Lipinski definition) is 5. The van der Waals surface area contributed by atoms with Crippen LogP contribution in [0.1, 0.15) is 20.3 Å². The Morgan fingerprint density at radius 3 is 2.67 bits per heavy atom. The minimum Gasteiger partial charge on any atom is -0.398 e. The molecule has 6 nitrogen and oxygen atoms in total. The zero-order valence-corrected chi connectivity index (χ0v) is 10.5. The third-order valence-electron chi connectivity index (χ3n) is 2.56. The summed E-state index contributed by atoms with van der Waals surface area (Å²) >= 11 is 0. The van der Waals surface area contributed by atoms with E-state index in [1.54, 1.807) is 6.07 Å². The lowest BCUT2D eigenvalue weighted by Crippen LogP contribution is -2.31. The van der Waals surface area contributed by atoms with E-state index in [-0.39, 0.29) is 11.7 Å². The highest BCUT2D eigenvalue weighted by atomic mass is 16.6. The average molecular weight is 248 g/mol. The fourth-order valence-corrected chi connectivity index (χ4v) is 1.75. The fraction of sp³-hybridized carbons (Fsp3) is 0.417. The first-order chi connectivity index (χ1) is 8.45. The number of benzene rings is 1. The number of nitro groups is 1. The first-order valence-electron chi connectivity index (χ1n) is 5.64. The quantitative estimate of drug-likeness (QED) is 0.490. The van der Waals surface area contributed by atoms with Crippen LogP contribution in [0.25, 0.3) is 0 Å². The van der Waals surface area contributed by atoms with Crippen LogP contribution in [0.5, 0.6) is 0 Å². The number of nitro benzene ring substituents is 1. The van der Waals surface area contributed by atoms with Gasteiger partial charge in [0.2, 0.25) is 0 Å². The van der Waals surface area contributed by atoms with Gasteiger partial charge in [0.15, 0.2) is 0 Å². The average Bonchev–Trinajstić information content (AvgIpc) is 2.28. The van der Waals surface area contributed by atoms with Crippen LogP contribution in [0.3, 0.4) is 0 Å². The smallest absolute Gasteiger partial charge is 0.273 e. The van der Waals surface area contributed by atoms with Gasteiger partial charge in [0.05, 0.1) is 17.4 Å². The molecule has 0 heterocycles. The Bertz CT molecular complexity index is 479. The van der Waals surface area contributed by atoms with Gasteiger partial charge >= 0.3 is 0 Å². The lowest BCUT2D eigenvalue weighted by Gasteiger charge is -2.28. The molecule has 0 amide bonds. The second-order valence-corrected chi connectivity index (χ2v) is 4.24. The monoisotopic (exact) mass is 248 g/mol. The summed E-state index contributed by atoms with van der Waals surface area (Å²) in [5.74, 6) is 0. The van der Waals surface area contributed by atoms with Crippen LogP contribution in [0.4, 0.5) is 17.1 Å². The molecule has 0 fully saturated rings. The molecule has 0 spiro atoms. The highest BCUT2D eigenvalue weighted by Gasteiger charge is 2.15. The topological polar surface area (TPSA) is 96.2 Å². The summed E-state index contributed by atoms with van der Waals surface area (Å²) in [5.41, 5.74) is 6.66. The van der Waals surface area contributed by atoms with Crippen molar-refractivity contribution in [3.8, 4) is 6.07 Å². The molecule has 1 aromatic carbocycles. The largest absolute Gasteiger partial charge is 0.398 e. The number of nitrogens with zero attached hydrogens (tertiary/aromatic N) is 3. The molecule has 2 N–H and O–H groups in total. The second-order valence-electron chi connectivity index (χ2n) is 4.24. The van der Waals surface area contributed by atoms with Gasteiger partial charge < -0.3 is 10.6 Å². The minimum atomic E-state index is -0.470. The number of nitrogens with two attached hydrogens (primary N) is 1. The predicted molar refractivity (Wildman–Crippen MR) is 70.2 cm³/mol. The first-order valence-corrected chi connectivity index (χ1v) is 5.64. The van der Waals surface area contributed by atoms with Gasteiger partial charge in [-0.1, -0.05) is 0 Å². The molecule has 0 unspecified atom stereocenters. The van der Waals surface area contributed by atoms with Gasteiger partial charge in [0.25, 0.3) is 5.69 Å². The van der Waals surface area contributed by atoms with E-state index in [2.05, 4.69) is 6.07 Å². The van der Waals surface area contributed by atoms with Crippen LogP contribution in [-0.2, 0) is 0 Å². The molecular weight excluding hydrogens is 232 g/mol. The highest BCUT2D eigenvalue weighted by Crippen LogP contribution is 2.26. The maximum absolute atomic E-state index is 10.8. The first kappa shape index (κ1) is 13.8. The molecule has 18 heavy (non-hydrogen) atoms. The highest BCUT2D eigenvalue weighted by molar-refractivity contribution is 5.63. The van der Waals surface area contributed by atoms with E-state index in [1.165, 1.54) is 12.1 Å².